The van der Waals surface area contributed by atoms with Crippen molar-refractivity contribution in [2.75, 3.05) is 56.9 Å². The number of allylic oxidation sites excluding steroid dienone is 8. The Labute approximate surface area is 360 Å². The zero-order chi connectivity index (χ0) is 45.1. The van der Waals surface area contributed by atoms with E-state index in [0.717, 1.165) is 28.2 Å². The summed E-state index contributed by atoms with van der Waals surface area (Å²) in [5.74, 6) is -1.77. The predicted octanol–water partition coefficient (Wildman–Crippen LogP) is 6.44. The van der Waals surface area contributed by atoms with Gasteiger partial charge in [-0.15, -0.1) is 0 Å². The Morgan fingerprint density at radius 2 is 1.39 bits per heavy atom. The van der Waals surface area contributed by atoms with Gasteiger partial charge in [-0.3, -0.25) is 18.5 Å². The fourth-order valence-electron chi connectivity index (χ4n) is 8.28. The number of benzene rings is 2. The molecule has 0 aromatic heterocycles. The smallest absolute Gasteiger partial charge is 0.303 e. The van der Waals surface area contributed by atoms with Gasteiger partial charge in [0.1, 0.15) is 6.54 Å². The first-order valence-corrected chi connectivity index (χ1v) is 24.8. The maximum Gasteiger partial charge on any atom is 0.303 e. The Kier molecular flexibility index (Phi) is 17.4. The number of hydrogen-bond acceptors (Lipinski definition) is 10. The highest BCUT2D eigenvalue weighted by molar-refractivity contribution is 7.86. The van der Waals surface area contributed by atoms with Crippen molar-refractivity contribution in [2.45, 2.75) is 87.4 Å². The molecule has 0 saturated carbocycles. The number of nitrogens with zero attached hydrogens (tertiary/aromatic N) is 2. The van der Waals surface area contributed by atoms with Gasteiger partial charge >= 0.3 is 5.97 Å². The maximum absolute atomic E-state index is 12.2. The van der Waals surface area contributed by atoms with Crippen molar-refractivity contribution in [2.24, 2.45) is 0 Å². The van der Waals surface area contributed by atoms with Crippen LogP contribution in [0.5, 0.6) is 0 Å². The molecule has 0 radical (unpaired) electrons. The fourth-order valence-corrected chi connectivity index (χ4v) is 9.81. The Morgan fingerprint density at radius 3 is 2.02 bits per heavy atom. The third-order valence-corrected chi connectivity index (χ3v) is 13.8. The summed E-state index contributed by atoms with van der Waals surface area (Å²) in [7, 11) is -9.77. The first kappa shape index (κ1) is 49.6. The molecule has 2 aliphatic rings. The van der Waals surface area contributed by atoms with Crippen LogP contribution < -0.4 is 4.90 Å². The first-order valence-electron chi connectivity index (χ1n) is 20.1. The molecular formula is C43H59N2O13S3+. The van der Waals surface area contributed by atoms with Crippen molar-refractivity contribution >= 4 is 53.4 Å². The SMILES string of the molecule is COCCc1ccc2c(c1)C(C)(CCCS(=O)(=O)O)\C(=C/C=C/C=C/C=C/C1=[N+](CCCCCC(=O)O)c3ccc(S(=O)(=O)O)cc3C1(C)CCCS(=O)(=O)O)N2CCOC. The van der Waals surface area contributed by atoms with Crippen LogP contribution in [0.4, 0.5) is 11.4 Å². The Balaban J connectivity index is 1.71. The normalized spacial score (nSPS) is 20.2. The van der Waals surface area contributed by atoms with E-state index in [2.05, 4.69) is 30.0 Å². The average molecular weight is 908 g/mol. The molecule has 2 heterocycles. The summed E-state index contributed by atoms with van der Waals surface area (Å²) in [6, 6.07) is 10.5. The van der Waals surface area contributed by atoms with Crippen molar-refractivity contribution in [3.63, 3.8) is 0 Å². The first-order chi connectivity index (χ1) is 28.6. The Hall–Kier alpha value is -4.01. The number of aliphatic carboxylic acids is 1. The molecular weight excluding hydrogens is 849 g/mol. The molecule has 2 aromatic carbocycles. The van der Waals surface area contributed by atoms with Gasteiger partial charge in [-0.1, -0.05) is 42.5 Å². The van der Waals surface area contributed by atoms with Crippen LogP contribution in [0.25, 0.3) is 0 Å². The molecule has 61 heavy (non-hydrogen) atoms. The summed E-state index contributed by atoms with van der Waals surface area (Å²) in [5.41, 5.74) is 4.42. The van der Waals surface area contributed by atoms with Crippen molar-refractivity contribution < 1.29 is 62.9 Å². The summed E-state index contributed by atoms with van der Waals surface area (Å²) < 4.78 is 113. The molecule has 4 N–H and O–H groups in total. The fraction of sp³-hybridized carbons (Fsp3) is 0.488. The molecule has 0 fully saturated rings. The van der Waals surface area contributed by atoms with Crippen molar-refractivity contribution in [3.8, 4) is 0 Å². The number of unbranched alkanes of at least 4 members (excludes halogenated alkanes) is 2. The topological polar surface area (TPSA) is 225 Å². The molecule has 2 aromatic rings. The molecule has 336 valence electrons. The van der Waals surface area contributed by atoms with Crippen LogP contribution in [0.1, 0.15) is 81.9 Å². The standard InChI is InChI=1S/C43H58N2O13S3/c1-42(23-13-29-59(48,49)50)35-31-33(22-27-57-3)18-20-37(35)45(26-28-58-4)40(42)16-10-7-5-6-9-15-39-43(2,24-14-30-60(51,52)53)36-32-34(61(54,55)56)19-21-38(36)44(39)25-12-8-11-17-41(46)47/h5-7,9-10,15-16,18-21,31-32H,8,11-14,17,22-30H2,1-4H3,(H3-,46,47,48,49,50,51,52,53,54,55,56)/p+1. The van der Waals surface area contributed by atoms with Gasteiger partial charge in [0.2, 0.25) is 5.69 Å². The van der Waals surface area contributed by atoms with Crippen LogP contribution >= 0.6 is 0 Å². The molecule has 18 heteroatoms. The van der Waals surface area contributed by atoms with Crippen LogP contribution in [0.3, 0.4) is 0 Å². The second-order valence-electron chi connectivity index (χ2n) is 15.8. The van der Waals surface area contributed by atoms with Crippen LogP contribution in [0, 0.1) is 0 Å². The number of methoxy groups -OCH3 is 2. The second kappa shape index (κ2) is 21.4. The van der Waals surface area contributed by atoms with E-state index in [9.17, 15) is 43.7 Å². The van der Waals surface area contributed by atoms with Gasteiger partial charge in [-0.25, -0.2) is 0 Å². The van der Waals surface area contributed by atoms with Gasteiger partial charge in [0.25, 0.3) is 30.4 Å². The van der Waals surface area contributed by atoms with Crippen LogP contribution in [-0.2, 0) is 61.9 Å². The number of anilines is 1. The third kappa shape index (κ3) is 13.5. The number of rotatable bonds is 25. The van der Waals surface area contributed by atoms with E-state index in [0.29, 0.717) is 69.7 Å². The van der Waals surface area contributed by atoms with Gasteiger partial charge < -0.3 is 19.5 Å². The lowest BCUT2D eigenvalue weighted by Gasteiger charge is -2.30. The monoisotopic (exact) mass is 907 g/mol. The number of hydrogen-bond donors (Lipinski definition) is 4. The predicted molar refractivity (Wildman–Crippen MR) is 235 cm³/mol. The Morgan fingerprint density at radius 1 is 0.754 bits per heavy atom. The molecule has 2 unspecified atom stereocenters. The highest BCUT2D eigenvalue weighted by Gasteiger charge is 2.48. The second-order valence-corrected chi connectivity index (χ2v) is 20.3. The minimum Gasteiger partial charge on any atom is -0.481 e. The van der Waals surface area contributed by atoms with Crippen LogP contribution in [-0.4, -0.2) is 112 Å². The minimum atomic E-state index is -4.58. The molecule has 0 saturated heterocycles. The van der Waals surface area contributed by atoms with Gasteiger partial charge in [-0.05, 0) is 94.2 Å². The largest absolute Gasteiger partial charge is 0.481 e. The molecule has 0 amide bonds. The zero-order valence-electron chi connectivity index (χ0n) is 35.2. The van der Waals surface area contributed by atoms with E-state index in [4.69, 9.17) is 14.6 Å². The highest BCUT2D eigenvalue weighted by Crippen LogP contribution is 2.51. The lowest BCUT2D eigenvalue weighted by Crippen LogP contribution is -2.32. The number of ether oxygens (including phenoxy) is 2. The number of carboxylic acid groups (broad SMARTS) is 1. The zero-order valence-corrected chi connectivity index (χ0v) is 37.6. The molecule has 15 nitrogen and oxygen atoms in total. The molecule has 0 spiro atoms. The summed E-state index contributed by atoms with van der Waals surface area (Å²) in [6.45, 7) is 5.89. The quantitative estimate of drug-likeness (QED) is 0.0365. The van der Waals surface area contributed by atoms with Crippen molar-refractivity contribution in [1.82, 2.24) is 0 Å². The number of carbonyl (C=O) groups is 1. The van der Waals surface area contributed by atoms with E-state index in [1.807, 2.05) is 41.9 Å². The average Bonchev–Trinajstić information content (AvgIpc) is 3.53. The number of fused-ring (bicyclic) bond motifs is 2. The van der Waals surface area contributed by atoms with Gasteiger partial charge in [0.05, 0.1) is 35.0 Å². The highest BCUT2D eigenvalue weighted by atomic mass is 32.2. The van der Waals surface area contributed by atoms with E-state index in [-0.39, 0.29) is 36.3 Å². The summed E-state index contributed by atoms with van der Waals surface area (Å²) >= 11 is 0. The van der Waals surface area contributed by atoms with Gasteiger partial charge in [0, 0.05) is 68.1 Å². The molecule has 0 bridgehead atoms. The van der Waals surface area contributed by atoms with Gasteiger partial charge in [0.15, 0.2) is 5.71 Å². The minimum absolute atomic E-state index is 0.0222. The third-order valence-electron chi connectivity index (χ3n) is 11.3. The Bertz CT molecular complexity index is 2390. The summed E-state index contributed by atoms with van der Waals surface area (Å²) in [6.07, 6.45) is 16.3. The van der Waals surface area contributed by atoms with Gasteiger partial charge in [-0.2, -0.15) is 29.8 Å². The molecule has 2 aliphatic heterocycles. The molecule has 4 rings (SSSR count). The lowest BCUT2D eigenvalue weighted by atomic mass is 9.76. The summed E-state index contributed by atoms with van der Waals surface area (Å²) in [4.78, 5) is 13.0. The van der Waals surface area contributed by atoms with Crippen molar-refractivity contribution in [3.05, 3.63) is 101 Å². The van der Waals surface area contributed by atoms with Crippen molar-refractivity contribution in [1.29, 1.82) is 0 Å². The molecule has 0 aliphatic carbocycles. The summed E-state index contributed by atoms with van der Waals surface area (Å²) in [5, 5.41) is 9.11. The lowest BCUT2D eigenvalue weighted by molar-refractivity contribution is -0.438. The van der Waals surface area contributed by atoms with E-state index in [1.54, 1.807) is 32.4 Å². The van der Waals surface area contributed by atoms with E-state index >= 15 is 0 Å². The van der Waals surface area contributed by atoms with E-state index in [1.165, 1.54) is 12.1 Å². The van der Waals surface area contributed by atoms with Crippen LogP contribution in [0.2, 0.25) is 0 Å². The van der Waals surface area contributed by atoms with Crippen LogP contribution in [0.15, 0.2) is 89.5 Å². The van der Waals surface area contributed by atoms with E-state index < -0.39 is 52.9 Å². The maximum atomic E-state index is 12.2. The molecule has 2 atom stereocenters. The number of carboxylic acids is 1.